The summed E-state index contributed by atoms with van der Waals surface area (Å²) in [5.74, 6) is -0.293. The topological polar surface area (TPSA) is 58.1 Å². The second kappa shape index (κ2) is 6.50. The van der Waals surface area contributed by atoms with Crippen LogP contribution in [0.15, 0.2) is 36.8 Å². The number of likely N-dealkylation sites (tertiary alicyclic amines) is 1. The average Bonchev–Trinajstić information content (AvgIpc) is 2.82. The fourth-order valence-corrected chi connectivity index (χ4v) is 3.10. The SMILES string of the molecule is CN1C(=O)C[C@@H](CNc2ncc(Cl)cc2F)[C@@H]1c1cccnc1. The molecule has 0 bridgehead atoms. The molecule has 120 valence electrons. The Hall–Kier alpha value is -2.21. The predicted molar refractivity (Wildman–Crippen MR) is 85.5 cm³/mol. The van der Waals surface area contributed by atoms with Crippen molar-refractivity contribution in [2.75, 3.05) is 18.9 Å². The number of anilines is 1. The zero-order valence-electron chi connectivity index (χ0n) is 12.5. The Morgan fingerprint density at radius 3 is 3.00 bits per heavy atom. The molecule has 0 unspecified atom stereocenters. The van der Waals surface area contributed by atoms with Crippen LogP contribution in [0, 0.1) is 11.7 Å². The van der Waals surface area contributed by atoms with Crippen LogP contribution in [-0.2, 0) is 4.79 Å². The van der Waals surface area contributed by atoms with E-state index in [4.69, 9.17) is 11.6 Å². The van der Waals surface area contributed by atoms with E-state index in [9.17, 15) is 9.18 Å². The van der Waals surface area contributed by atoms with Crippen molar-refractivity contribution in [3.8, 4) is 0 Å². The first-order valence-electron chi connectivity index (χ1n) is 7.26. The summed E-state index contributed by atoms with van der Waals surface area (Å²) in [6.07, 6.45) is 5.24. The molecular weight excluding hydrogens is 319 g/mol. The van der Waals surface area contributed by atoms with E-state index in [2.05, 4.69) is 15.3 Å². The molecule has 0 saturated carbocycles. The molecule has 7 heteroatoms. The lowest BCUT2D eigenvalue weighted by atomic mass is 9.94. The second-order valence-electron chi connectivity index (χ2n) is 5.56. The quantitative estimate of drug-likeness (QED) is 0.934. The van der Waals surface area contributed by atoms with Gasteiger partial charge in [0.2, 0.25) is 5.91 Å². The molecule has 3 heterocycles. The molecule has 2 atom stereocenters. The summed E-state index contributed by atoms with van der Waals surface area (Å²) >= 11 is 5.70. The van der Waals surface area contributed by atoms with Crippen LogP contribution in [0.5, 0.6) is 0 Å². The van der Waals surface area contributed by atoms with E-state index in [-0.39, 0.29) is 28.7 Å². The van der Waals surface area contributed by atoms with Crippen LogP contribution >= 0.6 is 11.6 Å². The minimum Gasteiger partial charge on any atom is -0.367 e. The molecule has 2 aromatic heterocycles. The first kappa shape index (κ1) is 15.7. The molecule has 3 rings (SSSR count). The lowest BCUT2D eigenvalue weighted by Crippen LogP contribution is -2.26. The van der Waals surface area contributed by atoms with Gasteiger partial charge in [-0.25, -0.2) is 9.37 Å². The molecule has 0 aliphatic carbocycles. The standard InChI is InChI=1S/C16H16ClFN4O/c1-22-14(23)5-11(15(22)10-3-2-4-19-7-10)8-20-16-13(18)6-12(17)9-21-16/h2-4,6-7,9,11,15H,5,8H2,1H3,(H,20,21)/t11-,15-/m0/s1. The van der Waals surface area contributed by atoms with Crippen molar-refractivity contribution in [2.24, 2.45) is 5.92 Å². The number of rotatable bonds is 4. The van der Waals surface area contributed by atoms with Gasteiger partial charge in [-0.1, -0.05) is 17.7 Å². The number of carbonyl (C=O) groups is 1. The highest BCUT2D eigenvalue weighted by Gasteiger charge is 2.38. The van der Waals surface area contributed by atoms with Gasteiger partial charge in [0.15, 0.2) is 11.6 Å². The first-order chi connectivity index (χ1) is 11.1. The molecule has 0 radical (unpaired) electrons. The lowest BCUT2D eigenvalue weighted by molar-refractivity contribution is -0.127. The van der Waals surface area contributed by atoms with Crippen molar-refractivity contribution >= 4 is 23.3 Å². The van der Waals surface area contributed by atoms with Gasteiger partial charge in [-0.15, -0.1) is 0 Å². The van der Waals surface area contributed by atoms with E-state index in [0.29, 0.717) is 13.0 Å². The molecule has 0 spiro atoms. The number of halogens is 2. The third kappa shape index (κ3) is 3.27. The number of nitrogens with one attached hydrogen (secondary N) is 1. The Morgan fingerprint density at radius 1 is 1.48 bits per heavy atom. The highest BCUT2D eigenvalue weighted by molar-refractivity contribution is 6.30. The maximum Gasteiger partial charge on any atom is 0.223 e. The van der Waals surface area contributed by atoms with Gasteiger partial charge in [0.05, 0.1) is 11.1 Å². The van der Waals surface area contributed by atoms with Crippen molar-refractivity contribution in [3.05, 3.63) is 53.2 Å². The number of hydrogen-bond acceptors (Lipinski definition) is 4. The third-order valence-corrected chi connectivity index (χ3v) is 4.27. The minimum atomic E-state index is -0.506. The third-order valence-electron chi connectivity index (χ3n) is 4.06. The molecule has 1 aliphatic heterocycles. The fourth-order valence-electron chi connectivity index (χ4n) is 2.95. The predicted octanol–water partition coefficient (Wildman–Crippen LogP) is 2.90. The summed E-state index contributed by atoms with van der Waals surface area (Å²) in [5.41, 5.74) is 0.970. The average molecular weight is 335 g/mol. The molecule has 1 fully saturated rings. The number of aromatic nitrogens is 2. The molecule has 0 aromatic carbocycles. The van der Waals surface area contributed by atoms with Crippen molar-refractivity contribution in [1.82, 2.24) is 14.9 Å². The van der Waals surface area contributed by atoms with Crippen molar-refractivity contribution < 1.29 is 9.18 Å². The molecular formula is C16H16ClFN4O. The van der Waals surface area contributed by atoms with Crippen molar-refractivity contribution in [2.45, 2.75) is 12.5 Å². The number of hydrogen-bond donors (Lipinski definition) is 1. The minimum absolute atomic E-state index is 0.00794. The maximum absolute atomic E-state index is 13.8. The van der Waals surface area contributed by atoms with E-state index >= 15 is 0 Å². The highest BCUT2D eigenvalue weighted by Crippen LogP contribution is 2.36. The summed E-state index contributed by atoms with van der Waals surface area (Å²) in [5, 5.41) is 3.23. The second-order valence-corrected chi connectivity index (χ2v) is 6.00. The summed E-state index contributed by atoms with van der Waals surface area (Å²) in [4.78, 5) is 21.8. The Balaban J connectivity index is 1.76. The van der Waals surface area contributed by atoms with E-state index in [1.807, 2.05) is 12.1 Å². The fraction of sp³-hybridized carbons (Fsp3) is 0.312. The van der Waals surface area contributed by atoms with Gasteiger partial charge in [-0.3, -0.25) is 9.78 Å². The maximum atomic E-state index is 13.8. The van der Waals surface area contributed by atoms with Gasteiger partial charge >= 0.3 is 0 Å². The van der Waals surface area contributed by atoms with Crippen LogP contribution in [0.1, 0.15) is 18.0 Å². The van der Waals surface area contributed by atoms with Gasteiger partial charge in [0.25, 0.3) is 0 Å². The Morgan fingerprint density at radius 2 is 2.30 bits per heavy atom. The summed E-state index contributed by atoms with van der Waals surface area (Å²) in [6.45, 7) is 0.432. The lowest BCUT2D eigenvalue weighted by Gasteiger charge is -2.25. The van der Waals surface area contributed by atoms with Gasteiger partial charge in [-0.05, 0) is 17.7 Å². The van der Waals surface area contributed by atoms with Crippen LogP contribution < -0.4 is 5.32 Å². The largest absolute Gasteiger partial charge is 0.367 e. The van der Waals surface area contributed by atoms with Crippen LogP contribution in [0.25, 0.3) is 0 Å². The van der Waals surface area contributed by atoms with Crippen LogP contribution in [0.4, 0.5) is 10.2 Å². The molecule has 1 aliphatic rings. The smallest absolute Gasteiger partial charge is 0.223 e. The zero-order valence-corrected chi connectivity index (χ0v) is 13.3. The Kier molecular flexibility index (Phi) is 4.43. The monoisotopic (exact) mass is 334 g/mol. The first-order valence-corrected chi connectivity index (χ1v) is 7.64. The molecule has 5 nitrogen and oxygen atoms in total. The van der Waals surface area contributed by atoms with Gasteiger partial charge < -0.3 is 10.2 Å². The van der Waals surface area contributed by atoms with Crippen LogP contribution in [0.2, 0.25) is 5.02 Å². The van der Waals surface area contributed by atoms with Crippen LogP contribution in [-0.4, -0.2) is 34.4 Å². The molecule has 1 saturated heterocycles. The number of pyridine rings is 2. The number of nitrogens with zero attached hydrogens (tertiary/aromatic N) is 3. The van der Waals surface area contributed by atoms with Gasteiger partial charge in [0.1, 0.15) is 0 Å². The molecule has 23 heavy (non-hydrogen) atoms. The normalized spacial score (nSPS) is 20.8. The van der Waals surface area contributed by atoms with E-state index < -0.39 is 5.82 Å². The van der Waals surface area contributed by atoms with Crippen molar-refractivity contribution in [3.63, 3.8) is 0 Å². The van der Waals surface area contributed by atoms with E-state index in [1.165, 1.54) is 12.3 Å². The number of carbonyl (C=O) groups excluding carboxylic acids is 1. The summed E-state index contributed by atoms with van der Waals surface area (Å²) in [7, 11) is 1.78. The van der Waals surface area contributed by atoms with Crippen LogP contribution in [0.3, 0.4) is 0 Å². The van der Waals surface area contributed by atoms with E-state index in [1.54, 1.807) is 24.3 Å². The Bertz CT molecular complexity index is 712. The molecule has 2 aromatic rings. The Labute approximate surface area is 138 Å². The van der Waals surface area contributed by atoms with E-state index in [0.717, 1.165) is 5.56 Å². The summed E-state index contributed by atoms with van der Waals surface area (Å²) < 4.78 is 13.8. The van der Waals surface area contributed by atoms with Gasteiger partial charge in [-0.2, -0.15) is 0 Å². The highest BCUT2D eigenvalue weighted by atomic mass is 35.5. The summed E-state index contributed by atoms with van der Waals surface area (Å²) in [6, 6.07) is 4.91. The zero-order chi connectivity index (χ0) is 16.4. The molecule has 1 amide bonds. The van der Waals surface area contributed by atoms with Crippen molar-refractivity contribution in [1.29, 1.82) is 0 Å². The number of amides is 1. The van der Waals surface area contributed by atoms with Gasteiger partial charge in [0, 0.05) is 44.5 Å². The molecule has 1 N–H and O–H groups in total.